The van der Waals surface area contributed by atoms with Gasteiger partial charge in [-0.2, -0.15) is 0 Å². The van der Waals surface area contributed by atoms with Crippen LogP contribution in [0.1, 0.15) is 49.3 Å². The first-order valence-electron chi connectivity index (χ1n) is 7.29. The van der Waals surface area contributed by atoms with Crippen molar-refractivity contribution in [2.45, 2.75) is 46.1 Å². The molecule has 6 heteroatoms. The van der Waals surface area contributed by atoms with Crippen molar-refractivity contribution in [2.75, 3.05) is 27.2 Å². The van der Waals surface area contributed by atoms with Crippen LogP contribution < -0.4 is 10.6 Å². The molecule has 1 unspecified atom stereocenters. The van der Waals surface area contributed by atoms with Crippen LogP contribution in [0, 0.1) is 6.92 Å². The van der Waals surface area contributed by atoms with Gasteiger partial charge < -0.3 is 15.5 Å². The molecule has 0 saturated heterocycles. The van der Waals surface area contributed by atoms with E-state index in [9.17, 15) is 4.79 Å². The van der Waals surface area contributed by atoms with Gasteiger partial charge in [0.05, 0.1) is 10.7 Å². The SMILES string of the molecule is Cc1nc(C(C)(C)C)sc1C(C)NCCNC(=O)N(C)C. The molecular formula is C15H28N4OS. The summed E-state index contributed by atoms with van der Waals surface area (Å²) in [6.07, 6.45) is 0. The molecule has 0 spiro atoms. The van der Waals surface area contributed by atoms with Gasteiger partial charge in [0.25, 0.3) is 0 Å². The highest BCUT2D eigenvalue weighted by atomic mass is 32.1. The van der Waals surface area contributed by atoms with Gasteiger partial charge in [0, 0.05) is 43.5 Å². The van der Waals surface area contributed by atoms with E-state index in [1.165, 1.54) is 14.8 Å². The van der Waals surface area contributed by atoms with Crippen LogP contribution in [0.5, 0.6) is 0 Å². The molecule has 0 radical (unpaired) electrons. The number of carbonyl (C=O) groups excluding carboxylic acids is 1. The third-order valence-corrected chi connectivity index (χ3v) is 4.89. The molecule has 2 N–H and O–H groups in total. The second kappa shape index (κ2) is 7.22. The Labute approximate surface area is 132 Å². The lowest BCUT2D eigenvalue weighted by Gasteiger charge is -2.16. The summed E-state index contributed by atoms with van der Waals surface area (Å²) in [5.74, 6) is 0. The average molecular weight is 312 g/mol. The Hall–Kier alpha value is -1.14. The molecule has 5 nitrogen and oxygen atoms in total. The molecule has 0 aliphatic carbocycles. The molecule has 1 aromatic heterocycles. The molecule has 0 fully saturated rings. The van der Waals surface area contributed by atoms with E-state index in [4.69, 9.17) is 0 Å². The highest BCUT2D eigenvalue weighted by molar-refractivity contribution is 7.12. The first-order valence-corrected chi connectivity index (χ1v) is 8.11. The van der Waals surface area contributed by atoms with Crippen LogP contribution >= 0.6 is 11.3 Å². The van der Waals surface area contributed by atoms with E-state index in [1.807, 2.05) is 0 Å². The van der Waals surface area contributed by atoms with Gasteiger partial charge in [0.1, 0.15) is 0 Å². The van der Waals surface area contributed by atoms with Crippen LogP contribution in [0.4, 0.5) is 4.79 Å². The maximum absolute atomic E-state index is 11.4. The van der Waals surface area contributed by atoms with Gasteiger partial charge in [0.15, 0.2) is 0 Å². The van der Waals surface area contributed by atoms with E-state index < -0.39 is 0 Å². The average Bonchev–Trinajstić information content (AvgIpc) is 2.76. The van der Waals surface area contributed by atoms with Crippen molar-refractivity contribution in [3.8, 4) is 0 Å². The fraction of sp³-hybridized carbons (Fsp3) is 0.733. The lowest BCUT2D eigenvalue weighted by atomic mass is 9.98. The molecule has 1 heterocycles. The molecular weight excluding hydrogens is 284 g/mol. The summed E-state index contributed by atoms with van der Waals surface area (Å²) in [5.41, 5.74) is 1.19. The van der Waals surface area contributed by atoms with E-state index in [0.29, 0.717) is 6.54 Å². The summed E-state index contributed by atoms with van der Waals surface area (Å²) >= 11 is 1.77. The summed E-state index contributed by atoms with van der Waals surface area (Å²) < 4.78 is 0. The Balaban J connectivity index is 2.51. The molecule has 0 aliphatic heterocycles. The number of thiazole rings is 1. The minimum atomic E-state index is -0.0616. The number of rotatable bonds is 5. The molecule has 0 aliphatic rings. The molecule has 1 rings (SSSR count). The topological polar surface area (TPSA) is 57.3 Å². The first-order chi connectivity index (χ1) is 9.62. The largest absolute Gasteiger partial charge is 0.337 e. The van der Waals surface area contributed by atoms with E-state index in [0.717, 1.165) is 12.2 Å². The van der Waals surface area contributed by atoms with Crippen LogP contribution in [-0.4, -0.2) is 43.1 Å². The zero-order valence-electron chi connectivity index (χ0n) is 14.2. The summed E-state index contributed by atoms with van der Waals surface area (Å²) in [6.45, 7) is 12.1. The minimum Gasteiger partial charge on any atom is -0.337 e. The molecule has 2 amide bonds. The number of nitrogens with zero attached hydrogens (tertiary/aromatic N) is 2. The van der Waals surface area contributed by atoms with Gasteiger partial charge in [-0.05, 0) is 13.8 Å². The van der Waals surface area contributed by atoms with Crippen LogP contribution in [0.2, 0.25) is 0 Å². The predicted molar refractivity (Wildman–Crippen MR) is 89.1 cm³/mol. The standard InChI is InChI=1S/C15H28N4OS/c1-10(16-8-9-17-14(20)19(6)7)12-11(2)18-13(21-12)15(3,4)5/h10,16H,8-9H2,1-7H3,(H,17,20). The lowest BCUT2D eigenvalue weighted by molar-refractivity contribution is 0.217. The number of hydrogen-bond donors (Lipinski definition) is 2. The monoisotopic (exact) mass is 312 g/mol. The maximum Gasteiger partial charge on any atom is 0.316 e. The maximum atomic E-state index is 11.4. The Morgan fingerprint density at radius 1 is 1.33 bits per heavy atom. The van der Waals surface area contributed by atoms with Gasteiger partial charge in [-0.15, -0.1) is 11.3 Å². The Kier molecular flexibility index (Phi) is 6.16. The van der Waals surface area contributed by atoms with Crippen molar-refractivity contribution in [3.63, 3.8) is 0 Å². The summed E-state index contributed by atoms with van der Waals surface area (Å²) in [5, 5.41) is 7.45. The zero-order chi connectivity index (χ0) is 16.2. The molecule has 1 aromatic rings. The second-order valence-electron chi connectivity index (χ2n) is 6.52. The second-order valence-corrected chi connectivity index (χ2v) is 7.55. The van der Waals surface area contributed by atoms with E-state index in [2.05, 4.69) is 50.2 Å². The van der Waals surface area contributed by atoms with Gasteiger partial charge in [-0.3, -0.25) is 0 Å². The Morgan fingerprint density at radius 2 is 1.95 bits per heavy atom. The molecule has 120 valence electrons. The van der Waals surface area contributed by atoms with Gasteiger partial charge >= 0.3 is 6.03 Å². The van der Waals surface area contributed by atoms with Crippen LogP contribution in [0.25, 0.3) is 0 Å². The molecule has 21 heavy (non-hydrogen) atoms. The number of aryl methyl sites for hydroxylation is 1. The molecule has 0 saturated carbocycles. The van der Waals surface area contributed by atoms with Crippen LogP contribution in [-0.2, 0) is 5.41 Å². The Morgan fingerprint density at radius 3 is 2.43 bits per heavy atom. The normalized spacial score (nSPS) is 13.1. The first kappa shape index (κ1) is 17.9. The summed E-state index contributed by atoms with van der Waals surface area (Å²) in [7, 11) is 3.47. The number of urea groups is 1. The molecule has 0 aromatic carbocycles. The fourth-order valence-corrected chi connectivity index (χ4v) is 2.99. The minimum absolute atomic E-state index is 0.0616. The van der Waals surface area contributed by atoms with Crippen LogP contribution in [0.3, 0.4) is 0 Å². The predicted octanol–water partition coefficient (Wildman–Crippen LogP) is 2.67. The smallest absolute Gasteiger partial charge is 0.316 e. The van der Waals surface area contributed by atoms with E-state index in [-0.39, 0.29) is 17.5 Å². The summed E-state index contributed by atoms with van der Waals surface area (Å²) in [4.78, 5) is 18.9. The van der Waals surface area contributed by atoms with Crippen molar-refractivity contribution in [1.82, 2.24) is 20.5 Å². The van der Waals surface area contributed by atoms with Crippen molar-refractivity contribution >= 4 is 17.4 Å². The number of amides is 2. The van der Waals surface area contributed by atoms with Crippen molar-refractivity contribution in [2.24, 2.45) is 0 Å². The number of aromatic nitrogens is 1. The quantitative estimate of drug-likeness (QED) is 0.822. The third kappa shape index (κ3) is 5.28. The number of hydrogen-bond acceptors (Lipinski definition) is 4. The van der Waals surface area contributed by atoms with Crippen LogP contribution in [0.15, 0.2) is 0 Å². The van der Waals surface area contributed by atoms with Crippen molar-refractivity contribution in [1.29, 1.82) is 0 Å². The molecule has 1 atom stereocenters. The van der Waals surface area contributed by atoms with Crippen molar-refractivity contribution in [3.05, 3.63) is 15.6 Å². The molecule has 0 bridgehead atoms. The third-order valence-electron chi connectivity index (χ3n) is 3.13. The van der Waals surface area contributed by atoms with Gasteiger partial charge in [0.2, 0.25) is 0 Å². The highest BCUT2D eigenvalue weighted by Gasteiger charge is 2.22. The highest BCUT2D eigenvalue weighted by Crippen LogP contribution is 2.32. The lowest BCUT2D eigenvalue weighted by Crippen LogP contribution is -2.38. The summed E-state index contributed by atoms with van der Waals surface area (Å²) in [6, 6.07) is 0.184. The van der Waals surface area contributed by atoms with E-state index in [1.54, 1.807) is 25.4 Å². The fourth-order valence-electron chi connectivity index (χ4n) is 1.84. The number of nitrogens with one attached hydrogen (secondary N) is 2. The van der Waals surface area contributed by atoms with Gasteiger partial charge in [-0.1, -0.05) is 20.8 Å². The zero-order valence-corrected chi connectivity index (χ0v) is 15.0. The Bertz CT molecular complexity index is 477. The van der Waals surface area contributed by atoms with Gasteiger partial charge in [-0.25, -0.2) is 9.78 Å². The number of carbonyl (C=O) groups is 1. The van der Waals surface area contributed by atoms with Crippen molar-refractivity contribution < 1.29 is 4.79 Å². The van der Waals surface area contributed by atoms with E-state index >= 15 is 0 Å².